The number of rotatable bonds is 7. The molecule has 0 bridgehead atoms. The van der Waals surface area contributed by atoms with Gasteiger partial charge in [-0.25, -0.2) is 0 Å². The third kappa shape index (κ3) is 6.05. The maximum atomic E-state index is 5.23. The molecule has 1 aromatic heterocycles. The molecule has 1 heterocycles. The van der Waals surface area contributed by atoms with Crippen molar-refractivity contribution in [3.05, 3.63) is 17.0 Å². The average Bonchev–Trinajstić information content (AvgIpc) is 2.91. The average molecular weight is 349 g/mol. The summed E-state index contributed by atoms with van der Waals surface area (Å²) in [6.07, 6.45) is 7.17. The van der Waals surface area contributed by atoms with Crippen LogP contribution in [0.1, 0.15) is 69.9 Å². The third-order valence-corrected chi connectivity index (χ3v) is 5.44. The van der Waals surface area contributed by atoms with Crippen molar-refractivity contribution in [3.63, 3.8) is 0 Å². The van der Waals surface area contributed by atoms with Crippen LogP contribution in [0.5, 0.6) is 0 Å². The predicted molar refractivity (Wildman–Crippen MR) is 104 cm³/mol. The highest BCUT2D eigenvalue weighted by Gasteiger charge is 2.23. The maximum absolute atomic E-state index is 5.23. The van der Waals surface area contributed by atoms with Crippen molar-refractivity contribution in [2.45, 2.75) is 79.2 Å². The lowest BCUT2D eigenvalue weighted by Gasteiger charge is -2.32. The second kappa shape index (κ2) is 9.83. The minimum atomic E-state index is 0.565. The molecule has 142 valence electrons. The van der Waals surface area contributed by atoms with E-state index in [1.54, 1.807) is 0 Å². The van der Waals surface area contributed by atoms with Crippen molar-refractivity contribution in [1.82, 2.24) is 15.8 Å². The van der Waals surface area contributed by atoms with E-state index in [9.17, 15) is 0 Å². The van der Waals surface area contributed by atoms with Crippen LogP contribution in [0, 0.1) is 25.7 Å². The Hall–Kier alpha value is -1.52. The van der Waals surface area contributed by atoms with Crippen LogP contribution in [0.3, 0.4) is 0 Å². The van der Waals surface area contributed by atoms with Gasteiger partial charge in [0.25, 0.3) is 0 Å². The fourth-order valence-corrected chi connectivity index (χ4v) is 3.75. The Morgan fingerprint density at radius 2 is 1.96 bits per heavy atom. The van der Waals surface area contributed by atoms with Gasteiger partial charge in [0.2, 0.25) is 0 Å². The van der Waals surface area contributed by atoms with Gasteiger partial charge in [-0.3, -0.25) is 4.99 Å². The second-order valence-electron chi connectivity index (χ2n) is 7.67. The van der Waals surface area contributed by atoms with Crippen molar-refractivity contribution in [1.29, 1.82) is 0 Å². The van der Waals surface area contributed by atoms with E-state index in [1.165, 1.54) is 31.2 Å². The van der Waals surface area contributed by atoms with Gasteiger partial charge < -0.3 is 15.2 Å². The quantitative estimate of drug-likeness (QED) is 0.444. The third-order valence-electron chi connectivity index (χ3n) is 5.44. The Balaban J connectivity index is 1.78. The Morgan fingerprint density at radius 3 is 2.52 bits per heavy atom. The Kier molecular flexibility index (Phi) is 7.79. The molecule has 1 aromatic rings. The maximum Gasteiger partial charge on any atom is 0.191 e. The molecule has 0 aliphatic heterocycles. The molecule has 0 radical (unpaired) electrons. The topological polar surface area (TPSA) is 62.5 Å². The van der Waals surface area contributed by atoms with E-state index in [4.69, 9.17) is 9.52 Å². The predicted octanol–water partition coefficient (Wildman–Crippen LogP) is 3.99. The number of nitrogens with one attached hydrogen (secondary N) is 2. The molecule has 0 saturated heterocycles. The summed E-state index contributed by atoms with van der Waals surface area (Å²) >= 11 is 0. The summed E-state index contributed by atoms with van der Waals surface area (Å²) < 4.78 is 5.23. The highest BCUT2D eigenvalue weighted by Crippen LogP contribution is 2.29. The summed E-state index contributed by atoms with van der Waals surface area (Å²) in [7, 11) is 0. The number of nitrogens with zero attached hydrogens (tertiary/aromatic N) is 2. The first-order valence-corrected chi connectivity index (χ1v) is 9.97. The second-order valence-corrected chi connectivity index (χ2v) is 7.67. The molecule has 1 aliphatic carbocycles. The largest absolute Gasteiger partial charge is 0.361 e. The smallest absolute Gasteiger partial charge is 0.191 e. The summed E-state index contributed by atoms with van der Waals surface area (Å²) in [4.78, 5) is 4.76. The van der Waals surface area contributed by atoms with Crippen molar-refractivity contribution < 1.29 is 4.52 Å². The Morgan fingerprint density at radius 1 is 1.24 bits per heavy atom. The fourth-order valence-electron chi connectivity index (χ4n) is 3.75. The number of hydrogen-bond donors (Lipinski definition) is 2. The summed E-state index contributed by atoms with van der Waals surface area (Å²) in [5.41, 5.74) is 2.24. The lowest BCUT2D eigenvalue weighted by atomic mass is 9.80. The summed E-state index contributed by atoms with van der Waals surface area (Å²) in [6, 6.07) is 0.565. The Labute approximate surface area is 153 Å². The SMILES string of the molecule is CCNC(=NCCCc1c(C)noc1C)NC1CCC(C(C)C)CC1. The van der Waals surface area contributed by atoms with E-state index in [1.807, 2.05) is 13.8 Å². The van der Waals surface area contributed by atoms with Crippen molar-refractivity contribution in [2.75, 3.05) is 13.1 Å². The zero-order valence-corrected chi connectivity index (χ0v) is 16.7. The molecule has 0 unspecified atom stereocenters. The molecule has 2 N–H and O–H groups in total. The van der Waals surface area contributed by atoms with Crippen LogP contribution in [-0.2, 0) is 6.42 Å². The van der Waals surface area contributed by atoms with Crippen LogP contribution < -0.4 is 10.6 Å². The summed E-state index contributed by atoms with van der Waals surface area (Å²) in [5, 5.41) is 11.0. The van der Waals surface area contributed by atoms with Crippen molar-refractivity contribution in [3.8, 4) is 0 Å². The van der Waals surface area contributed by atoms with E-state index in [0.29, 0.717) is 6.04 Å². The monoisotopic (exact) mass is 348 g/mol. The fraction of sp³-hybridized carbons (Fsp3) is 0.800. The lowest BCUT2D eigenvalue weighted by molar-refractivity contribution is 0.250. The van der Waals surface area contributed by atoms with E-state index in [0.717, 1.165) is 55.2 Å². The minimum absolute atomic E-state index is 0.565. The van der Waals surface area contributed by atoms with E-state index < -0.39 is 0 Å². The normalized spacial score (nSPS) is 21.6. The minimum Gasteiger partial charge on any atom is -0.361 e. The van der Waals surface area contributed by atoms with Crippen LogP contribution in [0.25, 0.3) is 0 Å². The zero-order valence-electron chi connectivity index (χ0n) is 16.7. The van der Waals surface area contributed by atoms with Crippen LogP contribution in [-0.4, -0.2) is 30.2 Å². The number of hydrogen-bond acceptors (Lipinski definition) is 3. The molecule has 25 heavy (non-hydrogen) atoms. The van der Waals surface area contributed by atoms with Gasteiger partial charge >= 0.3 is 0 Å². The van der Waals surface area contributed by atoms with Gasteiger partial charge in [-0.1, -0.05) is 19.0 Å². The first kappa shape index (κ1) is 19.8. The first-order chi connectivity index (χ1) is 12.0. The lowest BCUT2D eigenvalue weighted by Crippen LogP contribution is -2.45. The number of aryl methyl sites for hydroxylation is 2. The van der Waals surface area contributed by atoms with Gasteiger partial charge in [0.15, 0.2) is 5.96 Å². The van der Waals surface area contributed by atoms with Gasteiger partial charge in [0.05, 0.1) is 5.69 Å². The van der Waals surface area contributed by atoms with E-state index >= 15 is 0 Å². The summed E-state index contributed by atoms with van der Waals surface area (Å²) in [6.45, 7) is 12.5. The molecule has 5 nitrogen and oxygen atoms in total. The van der Waals surface area contributed by atoms with Gasteiger partial charge in [-0.2, -0.15) is 0 Å². The molecular weight excluding hydrogens is 312 g/mol. The molecule has 0 spiro atoms. The molecule has 0 aromatic carbocycles. The molecular formula is C20H36N4O. The molecule has 0 amide bonds. The molecule has 2 rings (SSSR count). The number of guanidine groups is 1. The molecule has 0 atom stereocenters. The van der Waals surface area contributed by atoms with Gasteiger partial charge in [0.1, 0.15) is 5.76 Å². The molecule has 1 saturated carbocycles. The van der Waals surface area contributed by atoms with E-state index in [-0.39, 0.29) is 0 Å². The number of aliphatic imine (C=N–C) groups is 1. The first-order valence-electron chi connectivity index (χ1n) is 9.97. The summed E-state index contributed by atoms with van der Waals surface area (Å²) in [5.74, 6) is 3.61. The van der Waals surface area contributed by atoms with Gasteiger partial charge in [-0.15, -0.1) is 0 Å². The zero-order chi connectivity index (χ0) is 18.2. The molecule has 1 aliphatic rings. The van der Waals surface area contributed by atoms with E-state index in [2.05, 4.69) is 36.6 Å². The van der Waals surface area contributed by atoms with Gasteiger partial charge in [-0.05, 0) is 71.1 Å². The van der Waals surface area contributed by atoms with Crippen LogP contribution in [0.2, 0.25) is 0 Å². The highest BCUT2D eigenvalue weighted by molar-refractivity contribution is 5.80. The standard InChI is InChI=1S/C20H36N4O/c1-6-21-20(23-18-11-9-17(10-12-18)14(2)3)22-13-7-8-19-15(4)24-25-16(19)5/h14,17-18H,6-13H2,1-5H3,(H2,21,22,23). The molecule has 1 fully saturated rings. The highest BCUT2D eigenvalue weighted by atomic mass is 16.5. The van der Waals surface area contributed by atoms with Crippen LogP contribution >= 0.6 is 0 Å². The van der Waals surface area contributed by atoms with Crippen molar-refractivity contribution in [2.24, 2.45) is 16.8 Å². The van der Waals surface area contributed by atoms with Crippen LogP contribution in [0.15, 0.2) is 9.52 Å². The van der Waals surface area contributed by atoms with Gasteiger partial charge in [0, 0.05) is 24.7 Å². The number of aromatic nitrogens is 1. The van der Waals surface area contributed by atoms with Crippen LogP contribution in [0.4, 0.5) is 0 Å². The Bertz CT molecular complexity index is 522. The van der Waals surface area contributed by atoms with Crippen molar-refractivity contribution >= 4 is 5.96 Å². The molecule has 5 heteroatoms.